The molecule has 1 nitrogen and oxygen atoms in total. The molecule has 19 heavy (non-hydrogen) atoms. The first kappa shape index (κ1) is 15.1. The molecule has 0 spiro atoms. The Bertz CT molecular complexity index is 566. The maximum atomic E-state index is 13.4. The van der Waals surface area contributed by atoms with Gasteiger partial charge in [0, 0.05) is 6.07 Å². The molecule has 0 saturated carbocycles. The Hall–Kier alpha value is -0.300. The molecule has 2 rings (SSSR count). The van der Waals surface area contributed by atoms with Gasteiger partial charge in [-0.15, -0.1) is 11.3 Å². The highest BCUT2D eigenvalue weighted by atomic mass is 79.9. The summed E-state index contributed by atoms with van der Waals surface area (Å²) < 4.78 is 28.6. The molecule has 1 atom stereocenters. The molecular formula is C13H11Br2F2NS. The molecule has 1 N–H and O–H groups in total. The molecule has 1 unspecified atom stereocenters. The van der Waals surface area contributed by atoms with Gasteiger partial charge < -0.3 is 5.32 Å². The zero-order valence-corrected chi connectivity index (χ0v) is 14.0. The Morgan fingerprint density at radius 3 is 2.26 bits per heavy atom. The molecule has 0 amide bonds. The van der Waals surface area contributed by atoms with E-state index in [9.17, 15) is 8.78 Å². The van der Waals surface area contributed by atoms with Crippen LogP contribution in [-0.4, -0.2) is 6.54 Å². The highest BCUT2D eigenvalue weighted by molar-refractivity contribution is 9.12. The van der Waals surface area contributed by atoms with E-state index in [1.165, 1.54) is 23.5 Å². The molecule has 6 heteroatoms. The molecule has 1 aromatic heterocycles. The highest BCUT2D eigenvalue weighted by Gasteiger charge is 2.19. The van der Waals surface area contributed by atoms with Crippen LogP contribution in [0.3, 0.4) is 0 Å². The summed E-state index contributed by atoms with van der Waals surface area (Å²) in [7, 11) is 0. The fourth-order valence-electron chi connectivity index (χ4n) is 1.90. The van der Waals surface area contributed by atoms with Crippen molar-refractivity contribution in [3.05, 3.63) is 54.6 Å². The number of rotatable bonds is 4. The van der Waals surface area contributed by atoms with Crippen molar-refractivity contribution in [3.8, 4) is 0 Å². The van der Waals surface area contributed by atoms with Gasteiger partial charge in [-0.2, -0.15) is 0 Å². The fraction of sp³-hybridized carbons (Fsp3) is 0.231. The standard InChI is InChI=1S/C13H11Br2F2NS/c1-2-18-12(10-6-11(14)19-13(10)15)7-3-8(16)5-9(17)4-7/h3-6,12,18H,2H2,1H3. The van der Waals surface area contributed by atoms with Crippen LogP contribution >= 0.6 is 43.2 Å². The third-order valence-corrected chi connectivity index (χ3v) is 5.01. The number of halogens is 4. The van der Waals surface area contributed by atoms with E-state index in [2.05, 4.69) is 37.2 Å². The molecule has 2 aromatic rings. The van der Waals surface area contributed by atoms with Crippen LogP contribution in [0.4, 0.5) is 8.78 Å². The summed E-state index contributed by atoms with van der Waals surface area (Å²) in [5.41, 5.74) is 1.54. The Morgan fingerprint density at radius 2 is 1.79 bits per heavy atom. The van der Waals surface area contributed by atoms with Crippen LogP contribution in [0.5, 0.6) is 0 Å². The molecule has 0 radical (unpaired) electrons. The first-order chi connectivity index (χ1) is 9.01. The van der Waals surface area contributed by atoms with Crippen LogP contribution in [0.25, 0.3) is 0 Å². The lowest BCUT2D eigenvalue weighted by molar-refractivity contribution is 0.565. The van der Waals surface area contributed by atoms with E-state index in [-0.39, 0.29) is 6.04 Å². The molecule has 0 bridgehead atoms. The first-order valence-corrected chi connectivity index (χ1v) is 8.05. The van der Waals surface area contributed by atoms with Gasteiger partial charge in [-0.3, -0.25) is 0 Å². The molecule has 0 aliphatic rings. The van der Waals surface area contributed by atoms with E-state index in [0.29, 0.717) is 12.1 Å². The predicted octanol–water partition coefficient (Wildman–Crippen LogP) is 5.25. The average molecular weight is 411 g/mol. The van der Waals surface area contributed by atoms with E-state index in [1.54, 1.807) is 0 Å². The van der Waals surface area contributed by atoms with Gasteiger partial charge in [0.1, 0.15) is 11.6 Å². The second-order valence-corrected chi connectivity index (χ2v) is 7.72. The average Bonchev–Trinajstić information content (AvgIpc) is 2.64. The van der Waals surface area contributed by atoms with Crippen molar-refractivity contribution in [2.45, 2.75) is 13.0 Å². The first-order valence-electron chi connectivity index (χ1n) is 5.65. The van der Waals surface area contributed by atoms with Crippen LogP contribution < -0.4 is 5.32 Å². The summed E-state index contributed by atoms with van der Waals surface area (Å²) >= 11 is 8.43. The minimum atomic E-state index is -0.566. The highest BCUT2D eigenvalue weighted by Crippen LogP contribution is 2.38. The summed E-state index contributed by atoms with van der Waals surface area (Å²) in [6, 6.07) is 5.30. The van der Waals surface area contributed by atoms with Crippen molar-refractivity contribution < 1.29 is 8.78 Å². The monoisotopic (exact) mass is 409 g/mol. The lowest BCUT2D eigenvalue weighted by atomic mass is 10.0. The number of thiophene rings is 1. The fourth-order valence-corrected chi connectivity index (χ4v) is 4.81. The van der Waals surface area contributed by atoms with Crippen LogP contribution in [-0.2, 0) is 0 Å². The molecular weight excluding hydrogens is 400 g/mol. The molecule has 0 saturated heterocycles. The third kappa shape index (κ3) is 3.62. The quantitative estimate of drug-likeness (QED) is 0.725. The molecule has 102 valence electrons. The summed E-state index contributed by atoms with van der Waals surface area (Å²) in [6.45, 7) is 2.65. The van der Waals surface area contributed by atoms with E-state index < -0.39 is 11.6 Å². The Labute approximate surface area is 131 Å². The SMILES string of the molecule is CCNC(c1cc(F)cc(F)c1)c1cc(Br)sc1Br. The topological polar surface area (TPSA) is 12.0 Å². The molecule has 0 aliphatic heterocycles. The lowest BCUT2D eigenvalue weighted by Gasteiger charge is -2.18. The van der Waals surface area contributed by atoms with Gasteiger partial charge in [-0.25, -0.2) is 8.78 Å². The van der Waals surface area contributed by atoms with E-state index in [4.69, 9.17) is 0 Å². The molecule has 1 heterocycles. The summed E-state index contributed by atoms with van der Waals surface area (Å²) in [5.74, 6) is -1.13. The maximum absolute atomic E-state index is 13.4. The zero-order valence-electron chi connectivity index (χ0n) is 10.0. The van der Waals surface area contributed by atoms with Crippen molar-refractivity contribution in [2.75, 3.05) is 6.54 Å². The normalized spacial score (nSPS) is 12.7. The number of hydrogen-bond acceptors (Lipinski definition) is 2. The van der Waals surface area contributed by atoms with Gasteiger partial charge in [-0.05, 0) is 67.7 Å². The van der Waals surface area contributed by atoms with Crippen LogP contribution in [0.1, 0.15) is 24.1 Å². The van der Waals surface area contributed by atoms with E-state index in [0.717, 1.165) is 19.2 Å². The van der Waals surface area contributed by atoms with Gasteiger partial charge >= 0.3 is 0 Å². The molecule has 0 aliphatic carbocycles. The van der Waals surface area contributed by atoms with Gasteiger partial charge in [0.25, 0.3) is 0 Å². The maximum Gasteiger partial charge on any atom is 0.126 e. The van der Waals surface area contributed by atoms with Gasteiger partial charge in [0.05, 0.1) is 13.6 Å². The van der Waals surface area contributed by atoms with E-state index in [1.807, 2.05) is 13.0 Å². The summed E-state index contributed by atoms with van der Waals surface area (Å²) in [4.78, 5) is 0. The van der Waals surface area contributed by atoms with Crippen molar-refractivity contribution in [1.29, 1.82) is 0 Å². The lowest BCUT2D eigenvalue weighted by Crippen LogP contribution is -2.22. The molecule has 1 aromatic carbocycles. The smallest absolute Gasteiger partial charge is 0.126 e. The van der Waals surface area contributed by atoms with Gasteiger partial charge in [-0.1, -0.05) is 6.92 Å². The third-order valence-electron chi connectivity index (χ3n) is 2.62. The van der Waals surface area contributed by atoms with Gasteiger partial charge in [0.2, 0.25) is 0 Å². The molecule has 0 fully saturated rings. The minimum Gasteiger partial charge on any atom is -0.306 e. The number of benzene rings is 1. The summed E-state index contributed by atoms with van der Waals surface area (Å²) in [6.07, 6.45) is 0. The Balaban J connectivity index is 2.47. The largest absolute Gasteiger partial charge is 0.306 e. The van der Waals surface area contributed by atoms with Gasteiger partial charge in [0.15, 0.2) is 0 Å². The number of hydrogen-bond donors (Lipinski definition) is 1. The Morgan fingerprint density at radius 1 is 1.16 bits per heavy atom. The van der Waals surface area contributed by atoms with E-state index >= 15 is 0 Å². The van der Waals surface area contributed by atoms with Crippen LogP contribution in [0.2, 0.25) is 0 Å². The van der Waals surface area contributed by atoms with Crippen molar-refractivity contribution in [3.63, 3.8) is 0 Å². The Kier molecular flexibility index (Phi) is 5.11. The number of nitrogens with one attached hydrogen (secondary N) is 1. The van der Waals surface area contributed by atoms with Crippen LogP contribution in [0.15, 0.2) is 31.8 Å². The second kappa shape index (κ2) is 6.43. The minimum absolute atomic E-state index is 0.243. The van der Waals surface area contributed by atoms with Crippen LogP contribution in [0, 0.1) is 11.6 Å². The predicted molar refractivity (Wildman–Crippen MR) is 81.6 cm³/mol. The summed E-state index contributed by atoms with van der Waals surface area (Å²) in [5, 5.41) is 3.25. The second-order valence-electron chi connectivity index (χ2n) is 3.97. The van der Waals surface area contributed by atoms with Crippen molar-refractivity contribution in [1.82, 2.24) is 5.32 Å². The van der Waals surface area contributed by atoms with Crippen molar-refractivity contribution >= 4 is 43.2 Å². The zero-order chi connectivity index (χ0) is 14.0. The van der Waals surface area contributed by atoms with Crippen molar-refractivity contribution in [2.24, 2.45) is 0 Å².